The molecule has 2 aromatic rings. The van der Waals surface area contributed by atoms with Gasteiger partial charge in [0.25, 0.3) is 0 Å². The molecule has 0 radical (unpaired) electrons. The first-order chi connectivity index (χ1) is 14.6. The number of benzene rings is 1. The number of ether oxygens (including phenoxy) is 1. The molecule has 1 fully saturated rings. The number of rotatable bonds is 8. The lowest BCUT2D eigenvalue weighted by atomic mass is 10.3. The SMILES string of the molecule is CN=C(NCCN1CCN(c2ncccn2)CC1)NCC(C)Oc1ccc(F)cc1. The van der Waals surface area contributed by atoms with Crippen LogP contribution in [0.2, 0.25) is 0 Å². The monoisotopic (exact) mass is 415 g/mol. The van der Waals surface area contributed by atoms with Crippen molar-refractivity contribution in [2.45, 2.75) is 13.0 Å². The Kier molecular flexibility index (Phi) is 8.20. The number of nitrogens with zero attached hydrogens (tertiary/aromatic N) is 5. The van der Waals surface area contributed by atoms with Crippen LogP contribution in [0, 0.1) is 5.82 Å². The van der Waals surface area contributed by atoms with Crippen LogP contribution in [0.25, 0.3) is 0 Å². The molecular weight excluding hydrogens is 385 g/mol. The summed E-state index contributed by atoms with van der Waals surface area (Å²) in [4.78, 5) is 17.5. The topological polar surface area (TPSA) is 77.9 Å². The van der Waals surface area contributed by atoms with Gasteiger partial charge < -0.3 is 20.3 Å². The van der Waals surface area contributed by atoms with Gasteiger partial charge in [-0.2, -0.15) is 0 Å². The molecule has 1 aliphatic rings. The van der Waals surface area contributed by atoms with E-state index in [1.54, 1.807) is 31.6 Å². The summed E-state index contributed by atoms with van der Waals surface area (Å²) < 4.78 is 18.7. The van der Waals surface area contributed by atoms with Crippen LogP contribution >= 0.6 is 0 Å². The van der Waals surface area contributed by atoms with Crippen LogP contribution in [-0.2, 0) is 0 Å². The fraction of sp³-hybridized carbons (Fsp3) is 0.476. The van der Waals surface area contributed by atoms with Crippen LogP contribution in [0.15, 0.2) is 47.7 Å². The lowest BCUT2D eigenvalue weighted by Crippen LogP contribution is -2.50. The average molecular weight is 416 g/mol. The summed E-state index contributed by atoms with van der Waals surface area (Å²) in [7, 11) is 1.75. The quantitative estimate of drug-likeness (QED) is 0.498. The van der Waals surface area contributed by atoms with Gasteiger partial charge in [-0.25, -0.2) is 14.4 Å². The van der Waals surface area contributed by atoms with Crippen LogP contribution in [0.5, 0.6) is 5.75 Å². The second-order valence-electron chi connectivity index (χ2n) is 7.14. The third-order valence-corrected chi connectivity index (χ3v) is 4.86. The molecule has 1 atom stereocenters. The molecule has 2 heterocycles. The Hall–Kier alpha value is -2.94. The maximum Gasteiger partial charge on any atom is 0.225 e. The van der Waals surface area contributed by atoms with Crippen molar-refractivity contribution in [1.82, 2.24) is 25.5 Å². The summed E-state index contributed by atoms with van der Waals surface area (Å²) >= 11 is 0. The van der Waals surface area contributed by atoms with E-state index in [1.807, 2.05) is 13.0 Å². The molecule has 1 aliphatic heterocycles. The van der Waals surface area contributed by atoms with Crippen molar-refractivity contribution in [2.24, 2.45) is 4.99 Å². The van der Waals surface area contributed by atoms with Gasteiger partial charge in [-0.1, -0.05) is 0 Å². The molecule has 9 heteroatoms. The van der Waals surface area contributed by atoms with Gasteiger partial charge in [-0.3, -0.25) is 9.89 Å². The maximum absolute atomic E-state index is 13.0. The normalized spacial score (nSPS) is 16.2. The Morgan fingerprint density at radius 2 is 1.83 bits per heavy atom. The molecule has 0 aliphatic carbocycles. The second-order valence-corrected chi connectivity index (χ2v) is 7.14. The van der Waals surface area contributed by atoms with Crippen LogP contribution in [0.1, 0.15) is 6.92 Å². The van der Waals surface area contributed by atoms with Gasteiger partial charge in [0.05, 0.1) is 6.54 Å². The molecule has 0 saturated carbocycles. The molecule has 0 amide bonds. The highest BCUT2D eigenvalue weighted by Crippen LogP contribution is 2.12. The average Bonchev–Trinajstić information content (AvgIpc) is 2.78. The van der Waals surface area contributed by atoms with Gasteiger partial charge in [0.1, 0.15) is 17.7 Å². The zero-order valence-electron chi connectivity index (χ0n) is 17.6. The molecule has 1 unspecified atom stereocenters. The first-order valence-corrected chi connectivity index (χ1v) is 10.2. The van der Waals surface area contributed by atoms with Crippen molar-refractivity contribution in [3.63, 3.8) is 0 Å². The molecule has 1 saturated heterocycles. The largest absolute Gasteiger partial charge is 0.489 e. The van der Waals surface area contributed by atoms with Crippen LogP contribution < -0.4 is 20.3 Å². The molecule has 8 nitrogen and oxygen atoms in total. The lowest BCUT2D eigenvalue weighted by molar-refractivity contribution is 0.223. The summed E-state index contributed by atoms with van der Waals surface area (Å²) in [5.74, 6) is 1.92. The molecule has 0 spiro atoms. The van der Waals surface area contributed by atoms with Gasteiger partial charge in [-0.15, -0.1) is 0 Å². The number of guanidine groups is 1. The molecule has 162 valence electrons. The molecule has 0 bridgehead atoms. The van der Waals surface area contributed by atoms with Gasteiger partial charge in [0.2, 0.25) is 5.95 Å². The number of piperazine rings is 1. The van der Waals surface area contributed by atoms with Crippen LogP contribution in [0.4, 0.5) is 10.3 Å². The zero-order valence-corrected chi connectivity index (χ0v) is 17.6. The van der Waals surface area contributed by atoms with E-state index in [-0.39, 0.29) is 11.9 Å². The van der Waals surface area contributed by atoms with E-state index in [4.69, 9.17) is 4.74 Å². The number of anilines is 1. The van der Waals surface area contributed by atoms with Crippen molar-refractivity contribution in [3.05, 3.63) is 48.5 Å². The fourth-order valence-corrected chi connectivity index (χ4v) is 3.21. The van der Waals surface area contributed by atoms with E-state index < -0.39 is 0 Å². The summed E-state index contributed by atoms with van der Waals surface area (Å²) in [6.07, 6.45) is 3.48. The number of halogens is 1. The van der Waals surface area contributed by atoms with E-state index in [2.05, 4.69) is 35.4 Å². The van der Waals surface area contributed by atoms with Crippen molar-refractivity contribution in [2.75, 3.05) is 57.8 Å². The highest BCUT2D eigenvalue weighted by Gasteiger charge is 2.18. The Balaban J connectivity index is 1.31. The molecule has 2 N–H and O–H groups in total. The van der Waals surface area contributed by atoms with Crippen LogP contribution in [-0.4, -0.2) is 79.8 Å². The predicted molar refractivity (Wildman–Crippen MR) is 117 cm³/mol. The van der Waals surface area contributed by atoms with E-state index in [9.17, 15) is 4.39 Å². The summed E-state index contributed by atoms with van der Waals surface area (Å²) in [5.41, 5.74) is 0. The first-order valence-electron chi connectivity index (χ1n) is 10.2. The summed E-state index contributed by atoms with van der Waals surface area (Å²) in [6, 6.07) is 7.87. The third kappa shape index (κ3) is 6.84. The highest BCUT2D eigenvalue weighted by molar-refractivity contribution is 5.79. The highest BCUT2D eigenvalue weighted by atomic mass is 19.1. The van der Waals surface area contributed by atoms with Crippen molar-refractivity contribution >= 4 is 11.9 Å². The van der Waals surface area contributed by atoms with Gasteiger partial charge >= 0.3 is 0 Å². The Bertz CT molecular complexity index is 780. The number of hydrogen-bond donors (Lipinski definition) is 2. The lowest BCUT2D eigenvalue weighted by Gasteiger charge is -2.34. The molecule has 30 heavy (non-hydrogen) atoms. The van der Waals surface area contributed by atoms with Gasteiger partial charge in [0, 0.05) is 58.7 Å². The van der Waals surface area contributed by atoms with Crippen LogP contribution in [0.3, 0.4) is 0 Å². The number of hydrogen-bond acceptors (Lipinski definition) is 6. The minimum absolute atomic E-state index is 0.0812. The smallest absolute Gasteiger partial charge is 0.225 e. The van der Waals surface area contributed by atoms with E-state index in [0.29, 0.717) is 12.3 Å². The number of nitrogens with one attached hydrogen (secondary N) is 2. The van der Waals surface area contributed by atoms with Gasteiger partial charge in [0.15, 0.2) is 5.96 Å². The first kappa shape index (κ1) is 21.8. The minimum atomic E-state index is -0.271. The van der Waals surface area contributed by atoms with Crippen molar-refractivity contribution in [3.8, 4) is 5.75 Å². The standard InChI is InChI=1S/C21H30FN7O/c1-17(30-19-6-4-18(22)5-7-19)16-27-20(23-2)24-10-11-28-12-14-29(15-13-28)21-25-8-3-9-26-21/h3-9,17H,10-16H2,1-2H3,(H2,23,24,27). The third-order valence-electron chi connectivity index (χ3n) is 4.86. The molecular formula is C21H30FN7O. The zero-order chi connectivity index (χ0) is 21.2. The van der Waals surface area contributed by atoms with Crippen molar-refractivity contribution < 1.29 is 9.13 Å². The van der Waals surface area contributed by atoms with Gasteiger partial charge in [-0.05, 0) is 37.3 Å². The second kappa shape index (κ2) is 11.3. The Labute approximate surface area is 177 Å². The minimum Gasteiger partial charge on any atom is -0.489 e. The fourth-order valence-electron chi connectivity index (χ4n) is 3.21. The predicted octanol–water partition coefficient (Wildman–Crippen LogP) is 1.37. The van der Waals surface area contributed by atoms with E-state index in [1.165, 1.54) is 12.1 Å². The maximum atomic E-state index is 13.0. The van der Waals surface area contributed by atoms with E-state index in [0.717, 1.165) is 51.2 Å². The molecule has 1 aromatic carbocycles. The summed E-state index contributed by atoms with van der Waals surface area (Å²) in [6.45, 7) is 8.10. The summed E-state index contributed by atoms with van der Waals surface area (Å²) in [5, 5.41) is 6.60. The number of aromatic nitrogens is 2. The Morgan fingerprint density at radius 1 is 1.13 bits per heavy atom. The Morgan fingerprint density at radius 3 is 2.50 bits per heavy atom. The van der Waals surface area contributed by atoms with E-state index >= 15 is 0 Å². The molecule has 1 aromatic heterocycles. The molecule has 3 rings (SSSR count). The number of aliphatic imine (C=N–C) groups is 1. The van der Waals surface area contributed by atoms with Crippen molar-refractivity contribution in [1.29, 1.82) is 0 Å².